The Bertz CT molecular complexity index is 488. The molecule has 0 aromatic rings. The average Bonchev–Trinajstić information content (AvgIpc) is 2.99. The van der Waals surface area contributed by atoms with Crippen LogP contribution in [-0.2, 0) is 0 Å². The van der Waals surface area contributed by atoms with E-state index >= 15 is 0 Å². The molecule has 256 valence electrons. The van der Waals surface area contributed by atoms with Crippen LogP contribution < -0.4 is 17.0 Å². The second-order valence-electron chi connectivity index (χ2n) is 14.2. The molecule has 1 atom stereocenters. The fourth-order valence-electron chi connectivity index (χ4n) is 8.11. The first-order valence-electron chi connectivity index (χ1n) is 19.9. The van der Waals surface area contributed by atoms with Gasteiger partial charge < -0.3 is 21.5 Å². The monoisotopic (exact) mass is 658 g/mol. The SMILES string of the molecule is CCCCCCCCCCCCCCC(CCCC)C(CCCC)(CCCC)[N+](CCCC)(CCCC)CCCC.[Br-]. The summed E-state index contributed by atoms with van der Waals surface area (Å²) in [5.41, 5.74) is 0.512. The van der Waals surface area contributed by atoms with E-state index in [-0.39, 0.29) is 17.0 Å². The standard InChI is InChI=1S/C40H84N.BrH/c1-8-15-22-23-24-25-26-27-28-29-30-31-33-39(32-16-9-2)40(34-17-10-3,35-18-11-4)41(36-19-12-5,37-20-13-6)38-21-14-7;/h39H,8-38H2,1-7H3;1H/q+1;/p-1. The minimum atomic E-state index is 0. The molecule has 0 fully saturated rings. The second kappa shape index (κ2) is 31.4. The summed E-state index contributed by atoms with van der Waals surface area (Å²) in [4.78, 5) is 0. The molecule has 0 aromatic heterocycles. The van der Waals surface area contributed by atoms with Crippen molar-refractivity contribution in [2.75, 3.05) is 19.6 Å². The summed E-state index contributed by atoms with van der Waals surface area (Å²) in [7, 11) is 0. The van der Waals surface area contributed by atoms with E-state index in [1.807, 2.05) is 0 Å². The number of hydrogen-bond donors (Lipinski definition) is 0. The summed E-state index contributed by atoms with van der Waals surface area (Å²) in [5, 5.41) is 0. The Morgan fingerprint density at radius 1 is 0.357 bits per heavy atom. The fourth-order valence-corrected chi connectivity index (χ4v) is 8.11. The van der Waals surface area contributed by atoms with Crippen molar-refractivity contribution in [3.05, 3.63) is 0 Å². The third kappa shape index (κ3) is 18.4. The summed E-state index contributed by atoms with van der Waals surface area (Å²) in [6, 6.07) is 0. The normalized spacial score (nSPS) is 12.9. The first-order valence-corrected chi connectivity index (χ1v) is 19.9. The molecule has 0 N–H and O–H groups in total. The van der Waals surface area contributed by atoms with Gasteiger partial charge in [0, 0.05) is 18.8 Å². The smallest absolute Gasteiger partial charge is 0.102 e. The van der Waals surface area contributed by atoms with Crippen LogP contribution in [0.1, 0.15) is 228 Å². The minimum Gasteiger partial charge on any atom is -1.00 e. The van der Waals surface area contributed by atoms with E-state index in [2.05, 4.69) is 48.5 Å². The Kier molecular flexibility index (Phi) is 33.3. The molecule has 2 heteroatoms. The van der Waals surface area contributed by atoms with Crippen LogP contribution in [0.3, 0.4) is 0 Å². The molecule has 0 aliphatic heterocycles. The van der Waals surface area contributed by atoms with Crippen molar-refractivity contribution in [1.29, 1.82) is 0 Å². The molecule has 1 unspecified atom stereocenters. The Labute approximate surface area is 279 Å². The van der Waals surface area contributed by atoms with Crippen LogP contribution in [0.2, 0.25) is 0 Å². The lowest BCUT2D eigenvalue weighted by Gasteiger charge is -2.58. The first kappa shape index (κ1) is 44.6. The van der Waals surface area contributed by atoms with Crippen molar-refractivity contribution in [2.24, 2.45) is 5.92 Å². The molecule has 0 aliphatic rings. The van der Waals surface area contributed by atoms with Gasteiger partial charge in [0.25, 0.3) is 0 Å². The molecule has 1 nitrogen and oxygen atoms in total. The van der Waals surface area contributed by atoms with E-state index in [1.165, 1.54) is 204 Å². The average molecular weight is 659 g/mol. The quantitative estimate of drug-likeness (QED) is 0.0486. The van der Waals surface area contributed by atoms with Crippen molar-refractivity contribution in [2.45, 2.75) is 234 Å². The molecular formula is C40H84BrN. The van der Waals surface area contributed by atoms with E-state index in [1.54, 1.807) is 0 Å². The van der Waals surface area contributed by atoms with Crippen LogP contribution in [0.15, 0.2) is 0 Å². The van der Waals surface area contributed by atoms with Crippen LogP contribution in [0, 0.1) is 5.92 Å². The summed E-state index contributed by atoms with van der Waals surface area (Å²) in [6.45, 7) is 21.3. The van der Waals surface area contributed by atoms with Crippen molar-refractivity contribution in [3.63, 3.8) is 0 Å². The summed E-state index contributed by atoms with van der Waals surface area (Å²) in [6.07, 6.45) is 40.3. The van der Waals surface area contributed by atoms with Gasteiger partial charge in [0.15, 0.2) is 0 Å². The largest absolute Gasteiger partial charge is 1.00 e. The minimum absolute atomic E-state index is 0. The highest BCUT2D eigenvalue weighted by Gasteiger charge is 2.52. The first-order chi connectivity index (χ1) is 20.1. The van der Waals surface area contributed by atoms with Crippen LogP contribution in [0.4, 0.5) is 0 Å². The number of unbranched alkanes of at least 4 members (excludes halogenated alkanes) is 17. The lowest BCUT2D eigenvalue weighted by molar-refractivity contribution is -0.982. The van der Waals surface area contributed by atoms with Gasteiger partial charge in [-0.3, -0.25) is 0 Å². The summed E-state index contributed by atoms with van der Waals surface area (Å²) < 4.78 is 1.48. The molecule has 0 saturated heterocycles. The van der Waals surface area contributed by atoms with Gasteiger partial charge in [-0.05, 0) is 44.9 Å². The third-order valence-electron chi connectivity index (χ3n) is 10.8. The molecule has 0 aliphatic carbocycles. The number of rotatable bonds is 33. The Balaban J connectivity index is 0. The zero-order chi connectivity index (χ0) is 30.5. The Morgan fingerprint density at radius 3 is 1.02 bits per heavy atom. The second-order valence-corrected chi connectivity index (χ2v) is 14.2. The molecule has 0 saturated carbocycles. The molecule has 0 amide bonds. The summed E-state index contributed by atoms with van der Waals surface area (Å²) >= 11 is 0. The van der Waals surface area contributed by atoms with Crippen molar-refractivity contribution in [3.8, 4) is 0 Å². The van der Waals surface area contributed by atoms with E-state index in [0.717, 1.165) is 5.92 Å². The molecule has 0 heterocycles. The highest BCUT2D eigenvalue weighted by Crippen LogP contribution is 2.47. The van der Waals surface area contributed by atoms with Gasteiger partial charge in [-0.15, -0.1) is 0 Å². The lowest BCUT2D eigenvalue weighted by atomic mass is 9.68. The number of halogens is 1. The predicted molar refractivity (Wildman–Crippen MR) is 190 cm³/mol. The molecule has 42 heavy (non-hydrogen) atoms. The number of hydrogen-bond acceptors (Lipinski definition) is 0. The van der Waals surface area contributed by atoms with Crippen LogP contribution in [0.25, 0.3) is 0 Å². The van der Waals surface area contributed by atoms with Gasteiger partial charge in [-0.1, -0.05) is 170 Å². The van der Waals surface area contributed by atoms with Gasteiger partial charge in [0.2, 0.25) is 0 Å². The van der Waals surface area contributed by atoms with E-state index < -0.39 is 0 Å². The van der Waals surface area contributed by atoms with Gasteiger partial charge in [0.05, 0.1) is 19.6 Å². The van der Waals surface area contributed by atoms with Crippen molar-refractivity contribution < 1.29 is 21.5 Å². The van der Waals surface area contributed by atoms with Crippen molar-refractivity contribution >= 4 is 0 Å². The van der Waals surface area contributed by atoms with Crippen LogP contribution >= 0.6 is 0 Å². The van der Waals surface area contributed by atoms with E-state index in [9.17, 15) is 0 Å². The van der Waals surface area contributed by atoms with E-state index in [0.29, 0.717) is 5.54 Å². The molecule has 0 rings (SSSR count). The van der Waals surface area contributed by atoms with Crippen LogP contribution in [0.5, 0.6) is 0 Å². The fraction of sp³-hybridized carbons (Fsp3) is 1.00. The molecule has 0 aromatic carbocycles. The highest BCUT2D eigenvalue weighted by molar-refractivity contribution is 4.91. The maximum atomic E-state index is 2.45. The van der Waals surface area contributed by atoms with Crippen LogP contribution in [-0.4, -0.2) is 29.7 Å². The number of nitrogens with zero attached hydrogens (tertiary/aromatic N) is 1. The topological polar surface area (TPSA) is 0 Å². The van der Waals surface area contributed by atoms with Gasteiger partial charge in [0.1, 0.15) is 5.54 Å². The summed E-state index contributed by atoms with van der Waals surface area (Å²) in [5.74, 6) is 0.925. The van der Waals surface area contributed by atoms with Gasteiger partial charge in [-0.2, -0.15) is 0 Å². The Morgan fingerprint density at radius 2 is 0.667 bits per heavy atom. The highest BCUT2D eigenvalue weighted by atomic mass is 79.9. The lowest BCUT2D eigenvalue weighted by Crippen LogP contribution is -3.00. The maximum Gasteiger partial charge on any atom is 0.102 e. The van der Waals surface area contributed by atoms with Gasteiger partial charge in [-0.25, -0.2) is 0 Å². The molecular weight excluding hydrogens is 574 g/mol. The van der Waals surface area contributed by atoms with E-state index in [4.69, 9.17) is 0 Å². The Hall–Kier alpha value is 0.440. The molecule has 0 bridgehead atoms. The number of quaternary nitrogens is 1. The molecule has 0 spiro atoms. The third-order valence-corrected chi connectivity index (χ3v) is 10.8. The van der Waals surface area contributed by atoms with Crippen molar-refractivity contribution in [1.82, 2.24) is 0 Å². The molecule has 0 radical (unpaired) electrons. The predicted octanol–water partition coefficient (Wildman–Crippen LogP) is 11.2. The van der Waals surface area contributed by atoms with Gasteiger partial charge >= 0.3 is 0 Å². The zero-order valence-corrected chi connectivity index (χ0v) is 32.4. The zero-order valence-electron chi connectivity index (χ0n) is 30.8. The maximum absolute atomic E-state index is 2.45.